The number of rotatable bonds is 3. The molecule has 0 aromatic heterocycles. The number of sulfonamides is 1. The SMILES string of the molecule is CC(C)CS(=O)(=O)N1CCN(C(=O)OC(C)(C)C)CC1. The summed E-state index contributed by atoms with van der Waals surface area (Å²) in [5.41, 5.74) is -0.530. The van der Waals surface area contributed by atoms with Gasteiger partial charge in [-0.1, -0.05) is 13.8 Å². The first-order valence-corrected chi connectivity index (χ1v) is 8.58. The van der Waals surface area contributed by atoms with Crippen molar-refractivity contribution in [2.24, 2.45) is 5.92 Å². The molecule has 1 amide bonds. The van der Waals surface area contributed by atoms with Crippen LogP contribution in [0, 0.1) is 5.92 Å². The molecular weight excluding hydrogens is 280 g/mol. The molecule has 6 nitrogen and oxygen atoms in total. The fraction of sp³-hybridized carbons (Fsp3) is 0.923. The monoisotopic (exact) mass is 306 g/mol. The van der Waals surface area contributed by atoms with Crippen molar-refractivity contribution >= 4 is 16.1 Å². The number of carbonyl (C=O) groups excluding carboxylic acids is 1. The van der Waals surface area contributed by atoms with E-state index >= 15 is 0 Å². The zero-order valence-electron chi connectivity index (χ0n) is 13.0. The van der Waals surface area contributed by atoms with Crippen LogP contribution in [0.5, 0.6) is 0 Å². The Bertz CT molecular complexity index is 432. The average Bonchev–Trinajstić information content (AvgIpc) is 2.25. The Morgan fingerprint density at radius 3 is 2.05 bits per heavy atom. The van der Waals surface area contributed by atoms with E-state index in [2.05, 4.69) is 0 Å². The predicted octanol–water partition coefficient (Wildman–Crippen LogP) is 1.52. The summed E-state index contributed by atoms with van der Waals surface area (Å²) in [7, 11) is -3.21. The summed E-state index contributed by atoms with van der Waals surface area (Å²) in [6, 6.07) is 0. The Balaban J connectivity index is 2.54. The highest BCUT2D eigenvalue weighted by Gasteiger charge is 2.31. The maximum absolute atomic E-state index is 12.1. The molecule has 0 saturated carbocycles. The molecule has 0 aromatic carbocycles. The van der Waals surface area contributed by atoms with E-state index in [1.54, 1.807) is 4.90 Å². The van der Waals surface area contributed by atoms with Crippen LogP contribution in [-0.2, 0) is 14.8 Å². The topological polar surface area (TPSA) is 66.9 Å². The van der Waals surface area contributed by atoms with Crippen LogP contribution in [0.4, 0.5) is 4.79 Å². The second-order valence-electron chi connectivity index (χ2n) is 6.54. The molecule has 1 aliphatic rings. The summed E-state index contributed by atoms with van der Waals surface area (Å²) in [4.78, 5) is 13.4. The molecule has 0 N–H and O–H groups in total. The molecule has 1 fully saturated rings. The summed E-state index contributed by atoms with van der Waals surface area (Å²) in [5, 5.41) is 0. The number of amides is 1. The third-order valence-corrected chi connectivity index (χ3v) is 5.07. The van der Waals surface area contributed by atoms with E-state index in [9.17, 15) is 13.2 Å². The molecule has 1 aliphatic heterocycles. The Kier molecular flexibility index (Phi) is 5.43. The van der Waals surface area contributed by atoms with E-state index in [1.165, 1.54) is 4.31 Å². The number of hydrogen-bond acceptors (Lipinski definition) is 4. The highest BCUT2D eigenvalue weighted by Crippen LogP contribution is 2.14. The van der Waals surface area contributed by atoms with Crippen molar-refractivity contribution in [2.75, 3.05) is 31.9 Å². The molecule has 1 saturated heterocycles. The fourth-order valence-corrected chi connectivity index (χ4v) is 3.77. The Labute approximate surface area is 122 Å². The predicted molar refractivity (Wildman–Crippen MR) is 78.0 cm³/mol. The van der Waals surface area contributed by atoms with E-state index in [0.717, 1.165) is 0 Å². The quantitative estimate of drug-likeness (QED) is 0.793. The number of piperazine rings is 1. The van der Waals surface area contributed by atoms with Crippen LogP contribution in [-0.4, -0.2) is 61.2 Å². The Morgan fingerprint density at radius 1 is 1.15 bits per heavy atom. The van der Waals surface area contributed by atoms with Crippen LogP contribution in [0.15, 0.2) is 0 Å². The maximum atomic E-state index is 12.1. The van der Waals surface area contributed by atoms with Crippen molar-refractivity contribution in [2.45, 2.75) is 40.2 Å². The van der Waals surface area contributed by atoms with E-state index < -0.39 is 15.6 Å². The second-order valence-corrected chi connectivity index (χ2v) is 8.55. The molecule has 0 aliphatic carbocycles. The largest absolute Gasteiger partial charge is 0.444 e. The number of carbonyl (C=O) groups is 1. The van der Waals surface area contributed by atoms with Gasteiger partial charge >= 0.3 is 6.09 Å². The van der Waals surface area contributed by atoms with Crippen LogP contribution in [0.25, 0.3) is 0 Å². The molecule has 0 bridgehead atoms. The molecule has 20 heavy (non-hydrogen) atoms. The van der Waals surface area contributed by atoms with Crippen LogP contribution in [0.1, 0.15) is 34.6 Å². The molecule has 1 rings (SSSR count). The van der Waals surface area contributed by atoms with Crippen molar-refractivity contribution in [3.8, 4) is 0 Å². The average molecular weight is 306 g/mol. The first-order chi connectivity index (χ1) is 9.01. The maximum Gasteiger partial charge on any atom is 0.410 e. The van der Waals surface area contributed by atoms with Crippen molar-refractivity contribution in [1.29, 1.82) is 0 Å². The van der Waals surface area contributed by atoms with E-state index in [0.29, 0.717) is 26.2 Å². The number of nitrogens with zero attached hydrogens (tertiary/aromatic N) is 2. The number of ether oxygens (including phenoxy) is 1. The summed E-state index contributed by atoms with van der Waals surface area (Å²) in [6.45, 7) is 10.7. The van der Waals surface area contributed by atoms with Crippen LogP contribution in [0.2, 0.25) is 0 Å². The highest BCUT2D eigenvalue weighted by atomic mass is 32.2. The smallest absolute Gasteiger partial charge is 0.410 e. The van der Waals surface area contributed by atoms with Gasteiger partial charge in [0.05, 0.1) is 5.75 Å². The van der Waals surface area contributed by atoms with E-state index in [4.69, 9.17) is 4.74 Å². The van der Waals surface area contributed by atoms with Gasteiger partial charge in [0.1, 0.15) is 5.60 Å². The van der Waals surface area contributed by atoms with Gasteiger partial charge in [-0.2, -0.15) is 4.31 Å². The van der Waals surface area contributed by atoms with Gasteiger partial charge in [-0.15, -0.1) is 0 Å². The molecule has 7 heteroatoms. The minimum atomic E-state index is -3.21. The molecule has 0 unspecified atom stereocenters. The Hall–Kier alpha value is -0.820. The third kappa shape index (κ3) is 5.28. The van der Waals surface area contributed by atoms with Crippen molar-refractivity contribution < 1.29 is 17.9 Å². The van der Waals surface area contributed by atoms with Gasteiger partial charge in [-0.3, -0.25) is 0 Å². The zero-order valence-corrected chi connectivity index (χ0v) is 13.9. The third-order valence-electron chi connectivity index (χ3n) is 2.83. The van der Waals surface area contributed by atoms with Gasteiger partial charge in [-0.05, 0) is 26.7 Å². The lowest BCUT2D eigenvalue weighted by molar-refractivity contribution is 0.0192. The van der Waals surface area contributed by atoms with E-state index in [-0.39, 0.29) is 17.8 Å². The molecule has 0 spiro atoms. The second kappa shape index (κ2) is 6.30. The van der Waals surface area contributed by atoms with Gasteiger partial charge in [0.25, 0.3) is 0 Å². The lowest BCUT2D eigenvalue weighted by Gasteiger charge is -2.35. The summed E-state index contributed by atoms with van der Waals surface area (Å²) >= 11 is 0. The van der Waals surface area contributed by atoms with Gasteiger partial charge < -0.3 is 9.64 Å². The lowest BCUT2D eigenvalue weighted by atomic mass is 10.2. The van der Waals surface area contributed by atoms with Crippen molar-refractivity contribution in [3.63, 3.8) is 0 Å². The molecule has 0 aromatic rings. The van der Waals surface area contributed by atoms with Crippen LogP contribution >= 0.6 is 0 Å². The molecular formula is C13H26N2O4S. The van der Waals surface area contributed by atoms with Crippen LogP contribution < -0.4 is 0 Å². The fourth-order valence-electron chi connectivity index (χ4n) is 2.00. The summed E-state index contributed by atoms with van der Waals surface area (Å²) in [5.74, 6) is 0.253. The first-order valence-electron chi connectivity index (χ1n) is 6.97. The van der Waals surface area contributed by atoms with Crippen LogP contribution in [0.3, 0.4) is 0 Å². The summed E-state index contributed by atoms with van der Waals surface area (Å²) < 4.78 is 30.9. The lowest BCUT2D eigenvalue weighted by Crippen LogP contribution is -2.52. The highest BCUT2D eigenvalue weighted by molar-refractivity contribution is 7.89. The molecule has 0 atom stereocenters. The standard InChI is InChI=1S/C13H26N2O4S/c1-11(2)10-20(17,18)15-8-6-14(7-9-15)12(16)19-13(3,4)5/h11H,6-10H2,1-5H3. The van der Waals surface area contributed by atoms with Gasteiger partial charge in [0.15, 0.2) is 0 Å². The Morgan fingerprint density at radius 2 is 1.65 bits per heavy atom. The zero-order chi connectivity index (χ0) is 15.6. The van der Waals surface area contributed by atoms with Crippen molar-refractivity contribution in [1.82, 2.24) is 9.21 Å². The van der Waals surface area contributed by atoms with Gasteiger partial charge in [0.2, 0.25) is 10.0 Å². The number of hydrogen-bond donors (Lipinski definition) is 0. The van der Waals surface area contributed by atoms with Gasteiger partial charge in [0, 0.05) is 26.2 Å². The molecule has 118 valence electrons. The minimum absolute atomic E-state index is 0.101. The normalized spacial score (nSPS) is 18.4. The first kappa shape index (κ1) is 17.2. The van der Waals surface area contributed by atoms with Crippen molar-refractivity contribution in [3.05, 3.63) is 0 Å². The van der Waals surface area contributed by atoms with Gasteiger partial charge in [-0.25, -0.2) is 13.2 Å². The minimum Gasteiger partial charge on any atom is -0.444 e. The molecule has 1 heterocycles. The van der Waals surface area contributed by atoms with E-state index in [1.807, 2.05) is 34.6 Å². The molecule has 0 radical (unpaired) electrons. The summed E-state index contributed by atoms with van der Waals surface area (Å²) in [6.07, 6.45) is -0.376.